The van der Waals surface area contributed by atoms with Crippen molar-refractivity contribution in [2.45, 2.75) is 6.92 Å². The zero-order valence-corrected chi connectivity index (χ0v) is 17.8. The molecule has 158 valence electrons. The number of morpholine rings is 1. The molecule has 3 aromatic rings. The molecular weight excluding hydrogens is 404 g/mol. The maximum atomic E-state index is 12.7. The number of carbonyl (C=O) groups is 1. The molecule has 2 saturated heterocycles. The molecular formula is C21H25ClN6O2. The summed E-state index contributed by atoms with van der Waals surface area (Å²) in [5.74, 6) is 1.10. The smallest absolute Gasteiger partial charge is 0.236 e. The number of nitrogens with zero attached hydrogens (tertiary/aromatic N) is 6. The van der Waals surface area contributed by atoms with Crippen LogP contribution >= 0.6 is 11.6 Å². The van der Waals surface area contributed by atoms with E-state index in [1.54, 1.807) is 0 Å². The van der Waals surface area contributed by atoms with Gasteiger partial charge in [0, 0.05) is 44.7 Å². The zero-order chi connectivity index (χ0) is 20.7. The lowest BCUT2D eigenvalue weighted by atomic mass is 10.2. The number of carbonyl (C=O) groups excluding carboxylic acids is 1. The Hall–Kier alpha value is -2.42. The monoisotopic (exact) mass is 428 g/mol. The first-order valence-corrected chi connectivity index (χ1v) is 10.8. The molecule has 0 unspecified atom stereocenters. The van der Waals surface area contributed by atoms with Gasteiger partial charge < -0.3 is 14.5 Å². The molecule has 9 heteroatoms. The molecule has 1 aromatic carbocycles. The molecule has 0 atom stereocenters. The number of amides is 1. The van der Waals surface area contributed by atoms with Crippen LogP contribution in [-0.2, 0) is 9.53 Å². The van der Waals surface area contributed by atoms with Gasteiger partial charge in [0.2, 0.25) is 5.91 Å². The van der Waals surface area contributed by atoms with Crippen LogP contribution in [0.1, 0.15) is 5.69 Å². The molecule has 2 aliphatic heterocycles. The first-order chi connectivity index (χ1) is 14.6. The Morgan fingerprint density at radius 2 is 1.83 bits per heavy atom. The van der Waals surface area contributed by atoms with Gasteiger partial charge in [0.05, 0.1) is 31.0 Å². The Morgan fingerprint density at radius 1 is 1.10 bits per heavy atom. The van der Waals surface area contributed by atoms with E-state index >= 15 is 0 Å². The summed E-state index contributed by atoms with van der Waals surface area (Å²) in [6.45, 7) is 8.30. The Morgan fingerprint density at radius 3 is 2.60 bits per heavy atom. The average molecular weight is 429 g/mol. The lowest BCUT2D eigenvalue weighted by molar-refractivity contribution is -0.133. The van der Waals surface area contributed by atoms with Crippen molar-refractivity contribution in [1.82, 2.24) is 24.4 Å². The largest absolute Gasteiger partial charge is 0.379 e. The number of piperazine rings is 1. The van der Waals surface area contributed by atoms with Crippen LogP contribution in [0.15, 0.2) is 24.3 Å². The number of anilines is 1. The Balaban J connectivity index is 1.36. The topological polar surface area (TPSA) is 66.2 Å². The summed E-state index contributed by atoms with van der Waals surface area (Å²) in [6.07, 6.45) is 0. The van der Waals surface area contributed by atoms with E-state index in [2.05, 4.69) is 21.0 Å². The third kappa shape index (κ3) is 3.49. The fourth-order valence-electron chi connectivity index (χ4n) is 4.23. The summed E-state index contributed by atoms with van der Waals surface area (Å²) in [5.41, 5.74) is 2.43. The second-order valence-electron chi connectivity index (χ2n) is 7.84. The molecule has 0 saturated carbocycles. The van der Waals surface area contributed by atoms with E-state index in [4.69, 9.17) is 21.3 Å². The second-order valence-corrected chi connectivity index (χ2v) is 8.22. The third-order valence-electron chi connectivity index (χ3n) is 5.94. The number of rotatable bonds is 3. The molecule has 0 spiro atoms. The highest BCUT2D eigenvalue weighted by molar-refractivity contribution is 6.34. The fourth-order valence-corrected chi connectivity index (χ4v) is 4.39. The molecule has 5 rings (SSSR count). The molecule has 1 amide bonds. The van der Waals surface area contributed by atoms with Crippen molar-refractivity contribution < 1.29 is 9.53 Å². The van der Waals surface area contributed by atoms with Gasteiger partial charge in [0.1, 0.15) is 10.8 Å². The predicted octanol–water partition coefficient (Wildman–Crippen LogP) is 1.83. The number of para-hydroxylation sites is 1. The standard InChI is InChI=1S/C21H25ClN6O2/c1-15-19(22)21-23-20(16-4-2-3-5-17(16)28(21)24-15)27-8-6-26(7-9-27)18(29)14-25-10-12-30-13-11-25/h2-5H,6-14H2,1H3. The molecule has 2 aromatic heterocycles. The van der Waals surface area contributed by atoms with Gasteiger partial charge in [-0.3, -0.25) is 9.69 Å². The predicted molar refractivity (Wildman–Crippen MR) is 116 cm³/mol. The van der Waals surface area contributed by atoms with Gasteiger partial charge in [0.25, 0.3) is 0 Å². The van der Waals surface area contributed by atoms with Gasteiger partial charge in [-0.2, -0.15) is 5.10 Å². The minimum Gasteiger partial charge on any atom is -0.379 e. The first-order valence-electron chi connectivity index (χ1n) is 10.4. The summed E-state index contributed by atoms with van der Waals surface area (Å²) in [4.78, 5) is 24.0. The number of hydrogen-bond acceptors (Lipinski definition) is 6. The van der Waals surface area contributed by atoms with Gasteiger partial charge in [-0.05, 0) is 19.1 Å². The summed E-state index contributed by atoms with van der Waals surface area (Å²) in [5, 5.41) is 6.18. The maximum absolute atomic E-state index is 12.7. The van der Waals surface area contributed by atoms with Crippen LogP contribution in [0, 0.1) is 6.92 Å². The lowest BCUT2D eigenvalue weighted by Crippen LogP contribution is -2.52. The van der Waals surface area contributed by atoms with Crippen LogP contribution in [0.3, 0.4) is 0 Å². The number of benzene rings is 1. The molecule has 2 fully saturated rings. The summed E-state index contributed by atoms with van der Waals surface area (Å²) >= 11 is 6.48. The Bertz CT molecular complexity index is 1090. The SMILES string of the molecule is Cc1nn2c(nc(N3CCN(C(=O)CN4CCOCC4)CC3)c3ccccc32)c1Cl. The van der Waals surface area contributed by atoms with E-state index in [9.17, 15) is 4.79 Å². The normalized spacial score (nSPS) is 18.5. The molecule has 0 N–H and O–H groups in total. The van der Waals surface area contributed by atoms with Crippen LogP contribution in [-0.4, -0.2) is 89.3 Å². The van der Waals surface area contributed by atoms with Gasteiger partial charge in [-0.1, -0.05) is 23.7 Å². The number of fused-ring (bicyclic) bond motifs is 3. The van der Waals surface area contributed by atoms with Gasteiger partial charge in [0.15, 0.2) is 5.65 Å². The minimum atomic E-state index is 0.194. The van der Waals surface area contributed by atoms with Crippen molar-refractivity contribution >= 4 is 39.9 Å². The third-order valence-corrected chi connectivity index (χ3v) is 6.39. The average Bonchev–Trinajstić information content (AvgIpc) is 3.08. The molecule has 4 heterocycles. The van der Waals surface area contributed by atoms with Crippen molar-refractivity contribution in [2.24, 2.45) is 0 Å². The molecule has 0 radical (unpaired) electrons. The summed E-state index contributed by atoms with van der Waals surface area (Å²) < 4.78 is 7.19. The zero-order valence-electron chi connectivity index (χ0n) is 17.1. The van der Waals surface area contributed by atoms with E-state index in [-0.39, 0.29) is 5.91 Å². The van der Waals surface area contributed by atoms with Crippen LogP contribution in [0.25, 0.3) is 16.6 Å². The molecule has 30 heavy (non-hydrogen) atoms. The van der Waals surface area contributed by atoms with Crippen molar-refractivity contribution in [3.05, 3.63) is 35.0 Å². The fraction of sp³-hybridized carbons (Fsp3) is 0.476. The number of aromatic nitrogens is 3. The van der Waals surface area contributed by atoms with Crippen LogP contribution in [0.2, 0.25) is 5.02 Å². The lowest BCUT2D eigenvalue weighted by Gasteiger charge is -2.37. The number of halogens is 1. The number of aryl methyl sites for hydroxylation is 1. The summed E-state index contributed by atoms with van der Waals surface area (Å²) in [6, 6.07) is 8.12. The van der Waals surface area contributed by atoms with Gasteiger partial charge >= 0.3 is 0 Å². The number of hydrogen-bond donors (Lipinski definition) is 0. The second kappa shape index (κ2) is 8.02. The van der Waals surface area contributed by atoms with Crippen LogP contribution in [0.5, 0.6) is 0 Å². The van der Waals surface area contributed by atoms with Gasteiger partial charge in [-0.25, -0.2) is 9.50 Å². The Kier molecular flexibility index (Phi) is 5.22. The van der Waals surface area contributed by atoms with Crippen molar-refractivity contribution in [3.63, 3.8) is 0 Å². The highest BCUT2D eigenvalue weighted by atomic mass is 35.5. The van der Waals surface area contributed by atoms with Crippen molar-refractivity contribution in [1.29, 1.82) is 0 Å². The highest BCUT2D eigenvalue weighted by Gasteiger charge is 2.26. The molecule has 8 nitrogen and oxygen atoms in total. The van der Waals surface area contributed by atoms with Gasteiger partial charge in [-0.15, -0.1) is 0 Å². The van der Waals surface area contributed by atoms with E-state index in [0.29, 0.717) is 43.5 Å². The van der Waals surface area contributed by atoms with E-state index in [1.807, 2.05) is 34.5 Å². The number of ether oxygens (including phenoxy) is 1. The van der Waals surface area contributed by atoms with Crippen molar-refractivity contribution in [3.8, 4) is 0 Å². The molecule has 0 aliphatic carbocycles. The molecule has 0 bridgehead atoms. The molecule has 2 aliphatic rings. The first kappa shape index (κ1) is 19.5. The van der Waals surface area contributed by atoms with Crippen molar-refractivity contribution in [2.75, 3.05) is 63.9 Å². The van der Waals surface area contributed by atoms with Crippen LogP contribution < -0.4 is 4.90 Å². The van der Waals surface area contributed by atoms with E-state index in [0.717, 1.165) is 48.6 Å². The van der Waals surface area contributed by atoms with E-state index < -0.39 is 0 Å². The summed E-state index contributed by atoms with van der Waals surface area (Å²) in [7, 11) is 0. The van der Waals surface area contributed by atoms with Crippen LogP contribution in [0.4, 0.5) is 5.82 Å². The minimum absolute atomic E-state index is 0.194. The van der Waals surface area contributed by atoms with E-state index in [1.165, 1.54) is 0 Å². The maximum Gasteiger partial charge on any atom is 0.236 e. The highest BCUT2D eigenvalue weighted by Crippen LogP contribution is 2.30. The Labute approximate surface area is 179 Å². The quantitative estimate of drug-likeness (QED) is 0.634.